The summed E-state index contributed by atoms with van der Waals surface area (Å²) in [6.45, 7) is 5.99. The van der Waals surface area contributed by atoms with Crippen molar-refractivity contribution in [2.75, 3.05) is 0 Å². The molecule has 0 bridgehead atoms. The van der Waals surface area contributed by atoms with Crippen molar-refractivity contribution in [3.8, 4) is 11.5 Å². The predicted octanol–water partition coefficient (Wildman–Crippen LogP) is 4.06. The monoisotopic (exact) mass is 240 g/mol. The van der Waals surface area contributed by atoms with Crippen LogP contribution in [0.25, 0.3) is 0 Å². The van der Waals surface area contributed by atoms with Crippen LogP contribution in [-0.2, 0) is 0 Å². The first-order valence-electron chi connectivity index (χ1n) is 5.59. The summed E-state index contributed by atoms with van der Waals surface area (Å²) >= 11 is 6.13. The largest absolute Gasteiger partial charge is 0.490 e. The summed E-state index contributed by atoms with van der Waals surface area (Å²) in [5.74, 6) is 1.53. The van der Waals surface area contributed by atoms with Crippen LogP contribution in [0, 0.1) is 0 Å². The number of benzene rings is 1. The van der Waals surface area contributed by atoms with Crippen LogP contribution in [0.3, 0.4) is 0 Å². The molecule has 1 aromatic rings. The summed E-state index contributed by atoms with van der Waals surface area (Å²) in [5.41, 5.74) is -0.234. The Kier molecular flexibility index (Phi) is 3.02. The summed E-state index contributed by atoms with van der Waals surface area (Å²) in [6.07, 6.45) is 2.70. The van der Waals surface area contributed by atoms with E-state index in [4.69, 9.17) is 21.1 Å². The average molecular weight is 241 g/mol. The molecule has 3 heteroatoms. The molecule has 1 aliphatic carbocycles. The quantitative estimate of drug-likeness (QED) is 0.793. The van der Waals surface area contributed by atoms with Gasteiger partial charge in [0.15, 0.2) is 0 Å². The Labute approximate surface area is 102 Å². The lowest BCUT2D eigenvalue weighted by atomic mass is 10.2. The van der Waals surface area contributed by atoms with Crippen LogP contribution in [0.4, 0.5) is 0 Å². The normalized spacial score (nSPS) is 16.0. The summed E-state index contributed by atoms with van der Waals surface area (Å²) in [7, 11) is 0. The molecule has 2 nitrogen and oxygen atoms in total. The van der Waals surface area contributed by atoms with Gasteiger partial charge in [0.1, 0.15) is 17.1 Å². The molecule has 1 aromatic carbocycles. The van der Waals surface area contributed by atoms with E-state index in [2.05, 4.69) is 0 Å². The summed E-state index contributed by atoms with van der Waals surface area (Å²) in [4.78, 5) is 0. The number of hydrogen-bond donors (Lipinski definition) is 0. The predicted molar refractivity (Wildman–Crippen MR) is 65.5 cm³/mol. The van der Waals surface area contributed by atoms with Gasteiger partial charge in [0.2, 0.25) is 0 Å². The van der Waals surface area contributed by atoms with Crippen LogP contribution in [0.1, 0.15) is 33.6 Å². The Bertz CT molecular complexity index is 378. The van der Waals surface area contributed by atoms with Gasteiger partial charge in [-0.2, -0.15) is 0 Å². The molecule has 16 heavy (non-hydrogen) atoms. The van der Waals surface area contributed by atoms with Gasteiger partial charge >= 0.3 is 0 Å². The van der Waals surface area contributed by atoms with Crippen LogP contribution < -0.4 is 9.47 Å². The van der Waals surface area contributed by atoms with Crippen molar-refractivity contribution in [3.63, 3.8) is 0 Å². The second-order valence-corrected chi connectivity index (χ2v) is 5.53. The fourth-order valence-corrected chi connectivity index (χ4v) is 1.55. The van der Waals surface area contributed by atoms with E-state index in [1.54, 1.807) is 0 Å². The molecule has 0 amide bonds. The molecule has 2 rings (SSSR count). The number of ether oxygens (including phenoxy) is 2. The van der Waals surface area contributed by atoms with Gasteiger partial charge in [-0.25, -0.2) is 0 Å². The van der Waals surface area contributed by atoms with Gasteiger partial charge in [-0.3, -0.25) is 0 Å². The fraction of sp³-hybridized carbons (Fsp3) is 0.538. The van der Waals surface area contributed by atoms with E-state index in [9.17, 15) is 0 Å². The summed E-state index contributed by atoms with van der Waals surface area (Å²) < 4.78 is 11.4. The second-order valence-electron chi connectivity index (χ2n) is 5.12. The second kappa shape index (κ2) is 4.17. The van der Waals surface area contributed by atoms with Gasteiger partial charge in [-0.15, -0.1) is 0 Å². The molecule has 0 aromatic heterocycles. The minimum atomic E-state index is -0.234. The van der Waals surface area contributed by atoms with Gasteiger partial charge in [0, 0.05) is 6.07 Å². The first kappa shape index (κ1) is 11.6. The molecule has 88 valence electrons. The van der Waals surface area contributed by atoms with Gasteiger partial charge < -0.3 is 9.47 Å². The smallest absolute Gasteiger partial charge is 0.138 e. The Morgan fingerprint density at radius 1 is 1.25 bits per heavy atom. The van der Waals surface area contributed by atoms with Crippen molar-refractivity contribution in [1.82, 2.24) is 0 Å². The molecule has 0 saturated heterocycles. The third kappa shape index (κ3) is 3.31. The molecule has 0 heterocycles. The average Bonchev–Trinajstić information content (AvgIpc) is 2.92. The molecular weight excluding hydrogens is 224 g/mol. The van der Waals surface area contributed by atoms with E-state index in [0.717, 1.165) is 18.6 Å². The highest BCUT2D eigenvalue weighted by molar-refractivity contribution is 6.32. The van der Waals surface area contributed by atoms with Crippen molar-refractivity contribution in [2.45, 2.75) is 45.3 Å². The number of rotatable bonds is 3. The van der Waals surface area contributed by atoms with E-state index in [0.29, 0.717) is 16.9 Å². The molecule has 0 radical (unpaired) electrons. The molecule has 0 N–H and O–H groups in total. The van der Waals surface area contributed by atoms with E-state index in [1.165, 1.54) is 0 Å². The van der Waals surface area contributed by atoms with Crippen molar-refractivity contribution < 1.29 is 9.47 Å². The lowest BCUT2D eigenvalue weighted by Crippen LogP contribution is -2.23. The highest BCUT2D eigenvalue weighted by Gasteiger charge is 2.24. The Morgan fingerprint density at radius 2 is 1.94 bits per heavy atom. The lowest BCUT2D eigenvalue weighted by Gasteiger charge is -2.22. The molecule has 0 aliphatic heterocycles. The van der Waals surface area contributed by atoms with Gasteiger partial charge in [0.25, 0.3) is 0 Å². The molecule has 0 atom stereocenters. The fourth-order valence-electron chi connectivity index (χ4n) is 1.35. The standard InChI is InChI=1S/C13H17ClO2/c1-13(2,3)16-12-7-6-10(8-11(12)14)15-9-4-5-9/h6-9H,4-5H2,1-3H3. The summed E-state index contributed by atoms with van der Waals surface area (Å²) in [5, 5.41) is 0.605. The summed E-state index contributed by atoms with van der Waals surface area (Å²) in [6, 6.07) is 5.59. The minimum Gasteiger partial charge on any atom is -0.490 e. The molecule has 1 saturated carbocycles. The zero-order valence-electron chi connectivity index (χ0n) is 9.92. The van der Waals surface area contributed by atoms with Crippen molar-refractivity contribution in [3.05, 3.63) is 23.2 Å². The van der Waals surface area contributed by atoms with Gasteiger partial charge in [-0.05, 0) is 45.7 Å². The van der Waals surface area contributed by atoms with E-state index in [-0.39, 0.29) is 5.60 Å². The maximum Gasteiger partial charge on any atom is 0.138 e. The minimum absolute atomic E-state index is 0.234. The highest BCUT2D eigenvalue weighted by Crippen LogP contribution is 2.34. The molecule has 1 fully saturated rings. The van der Waals surface area contributed by atoms with Crippen LogP contribution in [-0.4, -0.2) is 11.7 Å². The molecular formula is C13H17ClO2. The van der Waals surface area contributed by atoms with Crippen LogP contribution in [0.5, 0.6) is 11.5 Å². The van der Waals surface area contributed by atoms with Crippen molar-refractivity contribution in [1.29, 1.82) is 0 Å². The van der Waals surface area contributed by atoms with Crippen LogP contribution in [0.2, 0.25) is 5.02 Å². The lowest BCUT2D eigenvalue weighted by molar-refractivity contribution is 0.131. The van der Waals surface area contributed by atoms with Crippen molar-refractivity contribution in [2.24, 2.45) is 0 Å². The van der Waals surface area contributed by atoms with Crippen LogP contribution >= 0.6 is 11.6 Å². The van der Waals surface area contributed by atoms with E-state index < -0.39 is 0 Å². The molecule has 0 unspecified atom stereocenters. The highest BCUT2D eigenvalue weighted by atomic mass is 35.5. The zero-order chi connectivity index (χ0) is 11.8. The van der Waals surface area contributed by atoms with Crippen molar-refractivity contribution >= 4 is 11.6 Å². The maximum atomic E-state index is 6.13. The Hall–Kier alpha value is -0.890. The third-order valence-electron chi connectivity index (χ3n) is 2.15. The first-order valence-corrected chi connectivity index (χ1v) is 5.97. The number of halogens is 1. The Balaban J connectivity index is 2.09. The SMILES string of the molecule is CC(C)(C)Oc1ccc(OC2CC2)cc1Cl. The molecule has 0 spiro atoms. The van der Waals surface area contributed by atoms with Crippen LogP contribution in [0.15, 0.2) is 18.2 Å². The first-order chi connectivity index (χ1) is 7.44. The van der Waals surface area contributed by atoms with E-state index >= 15 is 0 Å². The molecule has 1 aliphatic rings. The zero-order valence-corrected chi connectivity index (χ0v) is 10.7. The number of hydrogen-bond acceptors (Lipinski definition) is 2. The Morgan fingerprint density at radius 3 is 2.44 bits per heavy atom. The van der Waals surface area contributed by atoms with E-state index in [1.807, 2.05) is 39.0 Å². The van der Waals surface area contributed by atoms with Gasteiger partial charge in [0.05, 0.1) is 11.1 Å². The maximum absolute atomic E-state index is 6.13. The third-order valence-corrected chi connectivity index (χ3v) is 2.44. The topological polar surface area (TPSA) is 18.5 Å². The van der Waals surface area contributed by atoms with Gasteiger partial charge in [-0.1, -0.05) is 11.6 Å².